The van der Waals surface area contributed by atoms with Gasteiger partial charge in [0.15, 0.2) is 0 Å². The standard InChI is InChI=1S/C17H24ClNO2/c18-14-5-4-13(11-19)16(10-14)20-12-15-6-9-17(21-15)7-2-1-3-8-17/h4-5,10,15H,1-3,6-9,11-12,19H2. The Morgan fingerprint density at radius 3 is 2.81 bits per heavy atom. The zero-order valence-corrected chi connectivity index (χ0v) is 13.2. The topological polar surface area (TPSA) is 44.5 Å². The van der Waals surface area contributed by atoms with Gasteiger partial charge in [0, 0.05) is 17.1 Å². The number of ether oxygens (including phenoxy) is 2. The first-order valence-corrected chi connectivity index (χ1v) is 8.38. The van der Waals surface area contributed by atoms with E-state index in [-0.39, 0.29) is 11.7 Å². The third kappa shape index (κ3) is 3.53. The average Bonchev–Trinajstić information content (AvgIpc) is 2.89. The van der Waals surface area contributed by atoms with Crippen molar-refractivity contribution in [3.8, 4) is 5.75 Å². The molecule has 1 aliphatic carbocycles. The number of hydrogen-bond donors (Lipinski definition) is 1. The van der Waals surface area contributed by atoms with Gasteiger partial charge >= 0.3 is 0 Å². The summed E-state index contributed by atoms with van der Waals surface area (Å²) in [4.78, 5) is 0. The van der Waals surface area contributed by atoms with Crippen LogP contribution in [0.1, 0.15) is 50.5 Å². The van der Waals surface area contributed by atoms with E-state index in [2.05, 4.69) is 0 Å². The molecule has 4 heteroatoms. The van der Waals surface area contributed by atoms with E-state index in [0.29, 0.717) is 18.2 Å². The van der Waals surface area contributed by atoms with Crippen LogP contribution in [0.15, 0.2) is 18.2 Å². The summed E-state index contributed by atoms with van der Waals surface area (Å²) >= 11 is 6.03. The third-order valence-electron chi connectivity index (χ3n) is 4.78. The van der Waals surface area contributed by atoms with Crippen LogP contribution in [0.25, 0.3) is 0 Å². The molecule has 1 saturated heterocycles. The summed E-state index contributed by atoms with van der Waals surface area (Å²) < 4.78 is 12.3. The molecule has 3 nitrogen and oxygen atoms in total. The van der Waals surface area contributed by atoms with Gasteiger partial charge in [-0.15, -0.1) is 0 Å². The number of halogens is 1. The van der Waals surface area contributed by atoms with Crippen molar-refractivity contribution in [3.05, 3.63) is 28.8 Å². The molecule has 21 heavy (non-hydrogen) atoms. The molecule has 1 unspecified atom stereocenters. The van der Waals surface area contributed by atoms with Crippen LogP contribution in [0.2, 0.25) is 5.02 Å². The van der Waals surface area contributed by atoms with Gasteiger partial charge in [0.1, 0.15) is 12.4 Å². The van der Waals surface area contributed by atoms with E-state index < -0.39 is 0 Å². The maximum Gasteiger partial charge on any atom is 0.125 e. The van der Waals surface area contributed by atoms with Crippen LogP contribution in [0, 0.1) is 0 Å². The summed E-state index contributed by atoms with van der Waals surface area (Å²) in [6, 6.07) is 5.62. The lowest BCUT2D eigenvalue weighted by Crippen LogP contribution is -2.33. The Kier molecular flexibility index (Phi) is 4.72. The molecule has 1 aromatic rings. The highest BCUT2D eigenvalue weighted by atomic mass is 35.5. The summed E-state index contributed by atoms with van der Waals surface area (Å²) in [5.41, 5.74) is 6.88. The molecule has 1 aliphatic heterocycles. The Hall–Kier alpha value is -0.770. The first kappa shape index (κ1) is 15.1. The second-order valence-corrected chi connectivity index (χ2v) is 6.73. The molecule has 3 rings (SSSR count). The molecule has 1 spiro atoms. The summed E-state index contributed by atoms with van der Waals surface area (Å²) in [7, 11) is 0. The van der Waals surface area contributed by atoms with Crippen molar-refractivity contribution >= 4 is 11.6 Å². The fraction of sp³-hybridized carbons (Fsp3) is 0.647. The van der Waals surface area contributed by atoms with Crippen molar-refractivity contribution in [3.63, 3.8) is 0 Å². The lowest BCUT2D eigenvalue weighted by Gasteiger charge is -2.33. The minimum atomic E-state index is 0.150. The molecule has 1 aromatic carbocycles. The SMILES string of the molecule is NCc1ccc(Cl)cc1OCC1CCC2(CCCCC2)O1. The number of rotatable bonds is 4. The second kappa shape index (κ2) is 6.55. The highest BCUT2D eigenvalue weighted by molar-refractivity contribution is 6.30. The highest BCUT2D eigenvalue weighted by Crippen LogP contribution is 2.42. The first-order chi connectivity index (χ1) is 10.2. The van der Waals surface area contributed by atoms with Crippen molar-refractivity contribution in [1.82, 2.24) is 0 Å². The van der Waals surface area contributed by atoms with Crippen LogP contribution >= 0.6 is 11.6 Å². The second-order valence-electron chi connectivity index (χ2n) is 6.29. The fourth-order valence-corrected chi connectivity index (χ4v) is 3.75. The Balaban J connectivity index is 1.57. The molecule has 1 heterocycles. The van der Waals surface area contributed by atoms with Crippen LogP contribution < -0.4 is 10.5 Å². The Morgan fingerprint density at radius 2 is 2.05 bits per heavy atom. The maximum absolute atomic E-state index is 6.33. The predicted molar refractivity (Wildman–Crippen MR) is 84.8 cm³/mol. The monoisotopic (exact) mass is 309 g/mol. The van der Waals surface area contributed by atoms with E-state index in [1.807, 2.05) is 18.2 Å². The fourth-order valence-electron chi connectivity index (χ4n) is 3.59. The average molecular weight is 310 g/mol. The first-order valence-electron chi connectivity index (χ1n) is 8.00. The van der Waals surface area contributed by atoms with Gasteiger partial charge in [-0.1, -0.05) is 36.9 Å². The minimum Gasteiger partial charge on any atom is -0.490 e. The lowest BCUT2D eigenvalue weighted by atomic mass is 9.83. The van der Waals surface area contributed by atoms with Crippen molar-refractivity contribution < 1.29 is 9.47 Å². The molecular formula is C17H24ClNO2. The van der Waals surface area contributed by atoms with E-state index in [4.69, 9.17) is 26.8 Å². The van der Waals surface area contributed by atoms with Gasteiger partial charge in [-0.25, -0.2) is 0 Å². The van der Waals surface area contributed by atoms with Crippen LogP contribution in [0.4, 0.5) is 0 Å². The van der Waals surface area contributed by atoms with Crippen LogP contribution in [0.3, 0.4) is 0 Å². The number of nitrogens with two attached hydrogens (primary N) is 1. The molecule has 0 aromatic heterocycles. The van der Waals surface area contributed by atoms with Gasteiger partial charge in [-0.3, -0.25) is 0 Å². The molecule has 2 N–H and O–H groups in total. The van der Waals surface area contributed by atoms with Gasteiger partial charge in [0.25, 0.3) is 0 Å². The smallest absolute Gasteiger partial charge is 0.125 e. The molecular weight excluding hydrogens is 286 g/mol. The van der Waals surface area contributed by atoms with Crippen molar-refractivity contribution in [2.24, 2.45) is 5.73 Å². The molecule has 0 radical (unpaired) electrons. The highest BCUT2D eigenvalue weighted by Gasteiger charge is 2.40. The van der Waals surface area contributed by atoms with Gasteiger partial charge in [0.05, 0.1) is 11.7 Å². The van der Waals surface area contributed by atoms with Gasteiger partial charge < -0.3 is 15.2 Å². The number of hydrogen-bond acceptors (Lipinski definition) is 3. The van der Waals surface area contributed by atoms with E-state index in [9.17, 15) is 0 Å². The molecule has 116 valence electrons. The predicted octanol–water partition coefficient (Wildman–Crippen LogP) is 4.06. The Morgan fingerprint density at radius 1 is 1.24 bits per heavy atom. The van der Waals surface area contributed by atoms with E-state index in [1.54, 1.807) is 0 Å². The molecule has 1 atom stereocenters. The summed E-state index contributed by atoms with van der Waals surface area (Å²) in [6.45, 7) is 1.05. The molecule has 2 fully saturated rings. The summed E-state index contributed by atoms with van der Waals surface area (Å²) in [5.74, 6) is 0.790. The molecule has 0 amide bonds. The van der Waals surface area contributed by atoms with Gasteiger partial charge in [-0.05, 0) is 37.8 Å². The number of benzene rings is 1. The Bertz CT molecular complexity index is 486. The third-order valence-corrected chi connectivity index (χ3v) is 5.01. The summed E-state index contributed by atoms with van der Waals surface area (Å²) in [6.07, 6.45) is 8.88. The van der Waals surface area contributed by atoms with E-state index in [0.717, 1.165) is 17.7 Å². The normalized spacial score (nSPS) is 24.4. The van der Waals surface area contributed by atoms with E-state index >= 15 is 0 Å². The van der Waals surface area contributed by atoms with Gasteiger partial charge in [-0.2, -0.15) is 0 Å². The van der Waals surface area contributed by atoms with Crippen LogP contribution in [-0.2, 0) is 11.3 Å². The van der Waals surface area contributed by atoms with Crippen molar-refractivity contribution in [2.45, 2.75) is 63.2 Å². The maximum atomic E-state index is 6.33. The quantitative estimate of drug-likeness (QED) is 0.912. The van der Waals surface area contributed by atoms with Crippen molar-refractivity contribution in [2.75, 3.05) is 6.61 Å². The van der Waals surface area contributed by atoms with Crippen LogP contribution in [-0.4, -0.2) is 18.3 Å². The summed E-state index contributed by atoms with van der Waals surface area (Å²) in [5, 5.41) is 0.679. The molecule has 1 saturated carbocycles. The molecule has 0 bridgehead atoms. The molecule has 2 aliphatic rings. The minimum absolute atomic E-state index is 0.150. The lowest BCUT2D eigenvalue weighted by molar-refractivity contribution is -0.0749. The van der Waals surface area contributed by atoms with Crippen molar-refractivity contribution in [1.29, 1.82) is 0 Å². The van der Waals surface area contributed by atoms with E-state index in [1.165, 1.54) is 38.5 Å². The van der Waals surface area contributed by atoms with Gasteiger partial charge in [0.2, 0.25) is 0 Å². The zero-order chi connectivity index (χ0) is 14.7. The Labute approximate surface area is 131 Å². The zero-order valence-electron chi connectivity index (χ0n) is 12.4. The largest absolute Gasteiger partial charge is 0.490 e. The van der Waals surface area contributed by atoms with Crippen LogP contribution in [0.5, 0.6) is 5.75 Å².